The van der Waals surface area contributed by atoms with Crippen LogP contribution in [-0.2, 0) is 16.0 Å². The molecule has 0 saturated carbocycles. The molecule has 0 radical (unpaired) electrons. The van der Waals surface area contributed by atoms with Crippen LogP contribution in [0.1, 0.15) is 22.3 Å². The average molecular weight is 379 g/mol. The van der Waals surface area contributed by atoms with Gasteiger partial charge in [-0.15, -0.1) is 0 Å². The van der Waals surface area contributed by atoms with Crippen LogP contribution in [0.5, 0.6) is 0 Å². The highest BCUT2D eigenvalue weighted by Crippen LogP contribution is 2.23. The average Bonchev–Trinajstić information content (AvgIpc) is 2.52. The van der Waals surface area contributed by atoms with Gasteiger partial charge >= 0.3 is 0 Å². The van der Waals surface area contributed by atoms with Crippen molar-refractivity contribution in [3.8, 4) is 0 Å². The molecule has 2 amide bonds. The van der Waals surface area contributed by atoms with E-state index >= 15 is 0 Å². The number of halogens is 2. The molecule has 2 rings (SSSR count). The van der Waals surface area contributed by atoms with Crippen molar-refractivity contribution in [1.29, 1.82) is 0 Å². The lowest BCUT2D eigenvalue weighted by molar-refractivity contribution is -0.123. The molecule has 0 fully saturated rings. The van der Waals surface area contributed by atoms with Crippen molar-refractivity contribution >= 4 is 40.7 Å². The van der Waals surface area contributed by atoms with E-state index in [1.807, 2.05) is 32.9 Å². The molecule has 0 heterocycles. The third-order valence-corrected chi connectivity index (χ3v) is 4.48. The minimum Gasteiger partial charge on any atom is -0.347 e. The van der Waals surface area contributed by atoms with Crippen LogP contribution in [-0.4, -0.2) is 18.4 Å². The summed E-state index contributed by atoms with van der Waals surface area (Å²) in [4.78, 5) is 24.1. The highest BCUT2D eigenvalue weighted by molar-refractivity contribution is 6.42. The monoisotopic (exact) mass is 378 g/mol. The van der Waals surface area contributed by atoms with Gasteiger partial charge in [-0.1, -0.05) is 47.0 Å². The molecule has 0 unspecified atom stereocenters. The van der Waals surface area contributed by atoms with Crippen LogP contribution in [0.2, 0.25) is 10.0 Å². The van der Waals surface area contributed by atoms with Crippen molar-refractivity contribution < 1.29 is 9.59 Å². The van der Waals surface area contributed by atoms with Gasteiger partial charge in [0.25, 0.3) is 0 Å². The molecule has 2 N–H and O–H groups in total. The summed E-state index contributed by atoms with van der Waals surface area (Å²) in [6.07, 6.45) is 0.132. The van der Waals surface area contributed by atoms with Crippen LogP contribution in [0.15, 0.2) is 30.3 Å². The zero-order valence-corrected chi connectivity index (χ0v) is 15.9. The molecule has 4 nitrogen and oxygen atoms in total. The highest BCUT2D eigenvalue weighted by atomic mass is 35.5. The Kier molecular flexibility index (Phi) is 6.45. The molecule has 25 heavy (non-hydrogen) atoms. The standard InChI is InChI=1S/C19H20Cl2N2O2/c1-11-6-12(2)19(13(3)7-11)23-18(25)10-22-17(24)9-14-4-5-15(20)16(21)8-14/h4-8H,9-10H2,1-3H3,(H,22,24)(H,23,25). The molecule has 0 bridgehead atoms. The van der Waals surface area contributed by atoms with Gasteiger partial charge in [-0.05, 0) is 49.6 Å². The molecule has 6 heteroatoms. The van der Waals surface area contributed by atoms with E-state index in [2.05, 4.69) is 10.6 Å². The molecule has 0 aliphatic carbocycles. The van der Waals surface area contributed by atoms with Crippen LogP contribution >= 0.6 is 23.2 Å². The normalized spacial score (nSPS) is 10.4. The summed E-state index contributed by atoms with van der Waals surface area (Å²) in [6, 6.07) is 9.02. The van der Waals surface area contributed by atoms with Crippen molar-refractivity contribution in [2.45, 2.75) is 27.2 Å². The summed E-state index contributed by atoms with van der Waals surface area (Å²) < 4.78 is 0. The first-order valence-corrected chi connectivity index (χ1v) is 8.60. The van der Waals surface area contributed by atoms with Gasteiger partial charge in [0, 0.05) is 5.69 Å². The number of hydrogen-bond donors (Lipinski definition) is 2. The Labute approximate surface area is 157 Å². The number of amides is 2. The molecule has 0 aromatic heterocycles. The Balaban J connectivity index is 1.89. The predicted octanol–water partition coefficient (Wildman–Crippen LogP) is 4.22. The zero-order chi connectivity index (χ0) is 18.6. The Bertz CT molecular complexity index is 796. The fourth-order valence-corrected chi connectivity index (χ4v) is 2.96. The van der Waals surface area contributed by atoms with E-state index in [1.165, 1.54) is 0 Å². The fourth-order valence-electron chi connectivity index (χ4n) is 2.64. The van der Waals surface area contributed by atoms with Crippen molar-refractivity contribution in [1.82, 2.24) is 5.32 Å². The molecule has 2 aromatic carbocycles. The molecule has 0 aliphatic rings. The van der Waals surface area contributed by atoms with Gasteiger partial charge in [-0.25, -0.2) is 0 Å². The Morgan fingerprint density at radius 3 is 2.16 bits per heavy atom. The first kappa shape index (κ1) is 19.3. The fraction of sp³-hybridized carbons (Fsp3) is 0.263. The molecule has 132 valence electrons. The summed E-state index contributed by atoms with van der Waals surface area (Å²) in [5.41, 5.74) is 4.65. The van der Waals surface area contributed by atoms with Crippen LogP contribution in [0.25, 0.3) is 0 Å². The molecule has 0 aliphatic heterocycles. The maximum absolute atomic E-state index is 12.1. The first-order valence-electron chi connectivity index (χ1n) is 7.84. The zero-order valence-electron chi connectivity index (χ0n) is 14.4. The van der Waals surface area contributed by atoms with Crippen LogP contribution in [0.4, 0.5) is 5.69 Å². The van der Waals surface area contributed by atoms with E-state index in [-0.39, 0.29) is 24.8 Å². The van der Waals surface area contributed by atoms with E-state index in [0.717, 1.165) is 27.9 Å². The van der Waals surface area contributed by atoms with Gasteiger partial charge in [0.15, 0.2) is 0 Å². The smallest absolute Gasteiger partial charge is 0.243 e. The second-order valence-electron chi connectivity index (χ2n) is 6.02. The number of carbonyl (C=O) groups is 2. The quantitative estimate of drug-likeness (QED) is 0.818. The Hall–Kier alpha value is -2.04. The number of nitrogens with one attached hydrogen (secondary N) is 2. The lowest BCUT2D eigenvalue weighted by atomic mass is 10.1. The van der Waals surface area contributed by atoms with Crippen molar-refractivity contribution in [3.63, 3.8) is 0 Å². The first-order chi connectivity index (χ1) is 11.8. The van der Waals surface area contributed by atoms with E-state index in [9.17, 15) is 9.59 Å². The van der Waals surface area contributed by atoms with Crippen LogP contribution in [0, 0.1) is 20.8 Å². The molecule has 0 spiro atoms. The summed E-state index contributed by atoms with van der Waals surface area (Å²) >= 11 is 11.8. The molecule has 2 aromatic rings. The molecular formula is C19H20Cl2N2O2. The SMILES string of the molecule is Cc1cc(C)c(NC(=O)CNC(=O)Cc2ccc(Cl)c(Cl)c2)c(C)c1. The Morgan fingerprint density at radius 2 is 1.56 bits per heavy atom. The summed E-state index contributed by atoms with van der Waals surface area (Å²) in [6.45, 7) is 5.80. The summed E-state index contributed by atoms with van der Waals surface area (Å²) in [5.74, 6) is -0.525. The molecule has 0 saturated heterocycles. The van der Waals surface area contributed by atoms with Gasteiger partial charge in [0.2, 0.25) is 11.8 Å². The maximum atomic E-state index is 12.1. The Morgan fingerprint density at radius 1 is 0.920 bits per heavy atom. The van der Waals surface area contributed by atoms with E-state index < -0.39 is 0 Å². The minimum absolute atomic E-state index is 0.0904. The third-order valence-electron chi connectivity index (χ3n) is 3.74. The second-order valence-corrected chi connectivity index (χ2v) is 6.84. The number of aryl methyl sites for hydroxylation is 3. The number of anilines is 1. The lowest BCUT2D eigenvalue weighted by Gasteiger charge is -2.13. The third kappa shape index (κ3) is 5.48. The number of rotatable bonds is 5. The predicted molar refractivity (Wildman–Crippen MR) is 102 cm³/mol. The van der Waals surface area contributed by atoms with Gasteiger partial charge in [-0.3, -0.25) is 9.59 Å². The van der Waals surface area contributed by atoms with Gasteiger partial charge < -0.3 is 10.6 Å². The minimum atomic E-state index is -0.266. The van der Waals surface area contributed by atoms with E-state index in [1.54, 1.807) is 18.2 Å². The number of hydrogen-bond acceptors (Lipinski definition) is 2. The van der Waals surface area contributed by atoms with Crippen molar-refractivity contribution in [2.24, 2.45) is 0 Å². The number of carbonyl (C=O) groups excluding carboxylic acids is 2. The summed E-state index contributed by atoms with van der Waals surface area (Å²) in [5, 5.41) is 6.29. The van der Waals surface area contributed by atoms with Crippen molar-refractivity contribution in [2.75, 3.05) is 11.9 Å². The van der Waals surface area contributed by atoms with E-state index in [0.29, 0.717) is 10.0 Å². The van der Waals surface area contributed by atoms with Gasteiger partial charge in [0.1, 0.15) is 0 Å². The maximum Gasteiger partial charge on any atom is 0.243 e. The molecule has 0 atom stereocenters. The largest absolute Gasteiger partial charge is 0.347 e. The lowest BCUT2D eigenvalue weighted by Crippen LogP contribution is -2.34. The number of benzene rings is 2. The van der Waals surface area contributed by atoms with Gasteiger partial charge in [0.05, 0.1) is 23.0 Å². The van der Waals surface area contributed by atoms with E-state index in [4.69, 9.17) is 23.2 Å². The van der Waals surface area contributed by atoms with Crippen LogP contribution < -0.4 is 10.6 Å². The highest BCUT2D eigenvalue weighted by Gasteiger charge is 2.11. The topological polar surface area (TPSA) is 58.2 Å². The summed E-state index contributed by atoms with van der Waals surface area (Å²) in [7, 11) is 0. The van der Waals surface area contributed by atoms with Crippen LogP contribution in [0.3, 0.4) is 0 Å². The second kappa shape index (κ2) is 8.37. The van der Waals surface area contributed by atoms with Crippen molar-refractivity contribution in [3.05, 3.63) is 62.6 Å². The van der Waals surface area contributed by atoms with Gasteiger partial charge in [-0.2, -0.15) is 0 Å². The molecular weight excluding hydrogens is 359 g/mol.